The molecule has 6 heteroatoms. The number of halogens is 3. The van der Waals surface area contributed by atoms with Crippen molar-refractivity contribution in [2.24, 2.45) is 0 Å². The van der Waals surface area contributed by atoms with Crippen molar-refractivity contribution in [1.29, 1.82) is 0 Å². The van der Waals surface area contributed by atoms with Crippen LogP contribution in [-0.2, 0) is 0 Å². The largest absolute Gasteiger partial charge is 0.416 e. The summed E-state index contributed by atoms with van der Waals surface area (Å²) in [6.45, 7) is 1.89. The third-order valence-corrected chi connectivity index (χ3v) is 4.33. The van der Waals surface area contributed by atoms with Crippen molar-refractivity contribution in [3.05, 3.63) is 36.7 Å². The van der Waals surface area contributed by atoms with Crippen molar-refractivity contribution < 1.29 is 18.3 Å². The lowest BCUT2D eigenvalue weighted by molar-refractivity contribution is -0.209. The number of aliphatic hydroxyl groups excluding tert-OH is 1. The lowest BCUT2D eigenvalue weighted by atomic mass is 10.1. The summed E-state index contributed by atoms with van der Waals surface area (Å²) in [4.78, 5) is 5.72. The van der Waals surface area contributed by atoms with E-state index in [1.165, 1.54) is 0 Å². The Kier molecular flexibility index (Phi) is 3.72. The van der Waals surface area contributed by atoms with Crippen molar-refractivity contribution in [3.8, 4) is 0 Å². The molecule has 0 radical (unpaired) electrons. The van der Waals surface area contributed by atoms with E-state index in [0.717, 1.165) is 10.8 Å². The highest BCUT2D eigenvalue weighted by Crippen LogP contribution is 2.37. The first-order valence-corrected chi connectivity index (χ1v) is 7.25. The first-order chi connectivity index (χ1) is 10.4. The minimum absolute atomic E-state index is 0.0405. The molecule has 0 aliphatic carbocycles. The van der Waals surface area contributed by atoms with Gasteiger partial charge in [0.25, 0.3) is 0 Å². The van der Waals surface area contributed by atoms with Crippen molar-refractivity contribution >= 4 is 16.5 Å². The van der Waals surface area contributed by atoms with Crippen LogP contribution in [0.2, 0.25) is 0 Å². The minimum Gasteiger partial charge on any atom is -0.382 e. The van der Waals surface area contributed by atoms with E-state index in [0.29, 0.717) is 18.5 Å². The van der Waals surface area contributed by atoms with Gasteiger partial charge < -0.3 is 10.0 Å². The van der Waals surface area contributed by atoms with Gasteiger partial charge in [-0.05, 0) is 43.4 Å². The fourth-order valence-corrected chi connectivity index (χ4v) is 3.22. The van der Waals surface area contributed by atoms with Crippen LogP contribution in [0.5, 0.6) is 0 Å². The van der Waals surface area contributed by atoms with Crippen molar-refractivity contribution in [1.82, 2.24) is 4.98 Å². The van der Waals surface area contributed by atoms with Crippen LogP contribution in [-0.4, -0.2) is 34.5 Å². The standard InChI is InChI=1S/C16H17F3N2O/c1-10-2-5-14(15(22)16(17,18)19)21(10)13-4-3-12-9-20-7-6-11(12)8-13/h3-4,6-10,14-15,22H,2,5H2,1H3/t10-,14-,15-/m1/s1. The highest BCUT2D eigenvalue weighted by Gasteiger charge is 2.48. The lowest BCUT2D eigenvalue weighted by Crippen LogP contribution is -2.48. The molecule has 0 unspecified atom stereocenters. The summed E-state index contributed by atoms with van der Waals surface area (Å²) < 4.78 is 38.7. The zero-order valence-electron chi connectivity index (χ0n) is 12.1. The molecule has 22 heavy (non-hydrogen) atoms. The third-order valence-electron chi connectivity index (χ3n) is 4.33. The van der Waals surface area contributed by atoms with E-state index < -0.39 is 18.3 Å². The van der Waals surface area contributed by atoms with Gasteiger partial charge in [0.2, 0.25) is 0 Å². The van der Waals surface area contributed by atoms with Gasteiger partial charge in [0.05, 0.1) is 6.04 Å². The topological polar surface area (TPSA) is 36.4 Å². The van der Waals surface area contributed by atoms with Crippen LogP contribution in [0.15, 0.2) is 36.7 Å². The molecule has 1 fully saturated rings. The highest BCUT2D eigenvalue weighted by atomic mass is 19.4. The number of alkyl halides is 3. The first kappa shape index (κ1) is 15.1. The maximum atomic E-state index is 12.9. The molecular weight excluding hydrogens is 293 g/mol. The zero-order valence-corrected chi connectivity index (χ0v) is 12.1. The third kappa shape index (κ3) is 2.63. The van der Waals surface area contributed by atoms with Gasteiger partial charge >= 0.3 is 6.18 Å². The molecule has 0 amide bonds. The SMILES string of the molecule is C[C@@H]1CC[C@H]([C@@H](O)C(F)(F)F)N1c1ccc2cnccc2c1. The van der Waals surface area contributed by atoms with Crippen molar-refractivity contribution in [2.45, 2.75) is 44.1 Å². The smallest absolute Gasteiger partial charge is 0.382 e. The number of anilines is 1. The Morgan fingerprint density at radius 2 is 2.00 bits per heavy atom. The molecule has 1 N–H and O–H groups in total. The Bertz CT molecular complexity index is 674. The van der Waals surface area contributed by atoms with Crippen LogP contribution in [0.4, 0.5) is 18.9 Å². The molecule has 0 spiro atoms. The van der Waals surface area contributed by atoms with Gasteiger partial charge in [-0.25, -0.2) is 0 Å². The average molecular weight is 310 g/mol. The number of fused-ring (bicyclic) bond motifs is 1. The Hall–Kier alpha value is -1.82. The zero-order chi connectivity index (χ0) is 15.9. The number of aliphatic hydroxyl groups is 1. The molecular formula is C16H17F3N2O. The Morgan fingerprint density at radius 3 is 2.73 bits per heavy atom. The fraction of sp³-hybridized carbons (Fsp3) is 0.438. The maximum Gasteiger partial charge on any atom is 0.416 e. The van der Waals surface area contributed by atoms with Crippen LogP contribution in [0.3, 0.4) is 0 Å². The predicted octanol–water partition coefficient (Wildman–Crippen LogP) is 3.52. The van der Waals surface area contributed by atoms with Gasteiger partial charge in [-0.15, -0.1) is 0 Å². The summed E-state index contributed by atoms with van der Waals surface area (Å²) in [6, 6.07) is 6.35. The van der Waals surface area contributed by atoms with Gasteiger partial charge in [0.1, 0.15) is 0 Å². The summed E-state index contributed by atoms with van der Waals surface area (Å²) in [5.41, 5.74) is 0.706. The second-order valence-corrected chi connectivity index (χ2v) is 5.79. The number of pyridine rings is 1. The molecule has 1 saturated heterocycles. The molecule has 3 nitrogen and oxygen atoms in total. The van der Waals surface area contributed by atoms with E-state index in [1.54, 1.807) is 23.4 Å². The van der Waals surface area contributed by atoms with Crippen LogP contribution in [0.1, 0.15) is 19.8 Å². The Labute approximate surface area is 126 Å². The van der Waals surface area contributed by atoms with Gasteiger partial charge in [0.15, 0.2) is 6.10 Å². The summed E-state index contributed by atoms with van der Waals surface area (Å²) >= 11 is 0. The van der Waals surface area contributed by atoms with Crippen molar-refractivity contribution in [2.75, 3.05) is 4.90 Å². The normalized spacial score (nSPS) is 24.0. The molecule has 3 rings (SSSR count). The fourth-order valence-electron chi connectivity index (χ4n) is 3.22. The molecule has 1 aliphatic heterocycles. The van der Waals surface area contributed by atoms with Gasteiger partial charge in [-0.1, -0.05) is 6.07 Å². The summed E-state index contributed by atoms with van der Waals surface area (Å²) in [5, 5.41) is 11.5. The van der Waals surface area contributed by atoms with E-state index in [4.69, 9.17) is 0 Å². The number of rotatable bonds is 2. The number of hydrogen-bond donors (Lipinski definition) is 1. The van der Waals surface area contributed by atoms with Gasteiger partial charge in [-0.3, -0.25) is 4.98 Å². The number of benzene rings is 1. The van der Waals surface area contributed by atoms with Crippen molar-refractivity contribution in [3.63, 3.8) is 0 Å². The number of aromatic nitrogens is 1. The van der Waals surface area contributed by atoms with E-state index in [-0.39, 0.29) is 6.04 Å². The minimum atomic E-state index is -4.60. The molecule has 0 saturated carbocycles. The van der Waals surface area contributed by atoms with Gasteiger partial charge in [0, 0.05) is 29.5 Å². The molecule has 2 heterocycles. The van der Waals surface area contributed by atoms with Crippen LogP contribution in [0, 0.1) is 0 Å². The average Bonchev–Trinajstić information content (AvgIpc) is 2.86. The molecule has 0 bridgehead atoms. The van der Waals surface area contributed by atoms with Crippen LogP contribution < -0.4 is 4.90 Å². The molecule has 1 aromatic heterocycles. The van der Waals surface area contributed by atoms with Gasteiger partial charge in [-0.2, -0.15) is 13.2 Å². The monoisotopic (exact) mass is 310 g/mol. The summed E-state index contributed by atoms with van der Waals surface area (Å²) in [6.07, 6.45) is -2.60. The predicted molar refractivity (Wildman–Crippen MR) is 78.8 cm³/mol. The van der Waals surface area contributed by atoms with Crippen LogP contribution >= 0.6 is 0 Å². The number of nitrogens with zero attached hydrogens (tertiary/aromatic N) is 2. The van der Waals surface area contributed by atoms with E-state index >= 15 is 0 Å². The van der Waals surface area contributed by atoms with E-state index in [2.05, 4.69) is 4.98 Å². The molecule has 3 atom stereocenters. The Balaban J connectivity index is 1.98. The molecule has 1 aromatic carbocycles. The van der Waals surface area contributed by atoms with Crippen LogP contribution in [0.25, 0.3) is 10.8 Å². The first-order valence-electron chi connectivity index (χ1n) is 7.25. The second-order valence-electron chi connectivity index (χ2n) is 5.79. The highest BCUT2D eigenvalue weighted by molar-refractivity contribution is 5.85. The number of hydrogen-bond acceptors (Lipinski definition) is 3. The quantitative estimate of drug-likeness (QED) is 0.922. The second kappa shape index (κ2) is 5.43. The molecule has 2 aromatic rings. The molecule has 1 aliphatic rings. The summed E-state index contributed by atoms with van der Waals surface area (Å²) in [7, 11) is 0. The lowest BCUT2D eigenvalue weighted by Gasteiger charge is -2.34. The summed E-state index contributed by atoms with van der Waals surface area (Å²) in [5.74, 6) is 0. The molecule has 118 valence electrons. The van der Waals surface area contributed by atoms with E-state index in [1.807, 2.05) is 25.1 Å². The maximum absolute atomic E-state index is 12.9. The van der Waals surface area contributed by atoms with E-state index in [9.17, 15) is 18.3 Å². The Morgan fingerprint density at radius 1 is 1.23 bits per heavy atom.